The number of unbranched alkanes of at least 4 members (excludes halogenated alkanes) is 2. The Morgan fingerprint density at radius 3 is 2.58 bits per heavy atom. The number of para-hydroxylation sites is 2. The minimum atomic E-state index is -3.87. The zero-order chi connectivity index (χ0) is 17.6. The SMILES string of the molecule is CCCCCOc1ccc(C)cc1S(=O)(=O)Nc1ccccc1O. The zero-order valence-corrected chi connectivity index (χ0v) is 14.8. The fourth-order valence-corrected chi connectivity index (χ4v) is 3.54. The molecule has 0 spiro atoms. The van der Waals surface area contributed by atoms with Gasteiger partial charge in [-0.25, -0.2) is 8.42 Å². The molecule has 0 aromatic heterocycles. The fraction of sp³-hybridized carbons (Fsp3) is 0.333. The summed E-state index contributed by atoms with van der Waals surface area (Å²) < 4.78 is 33.5. The maximum absolute atomic E-state index is 12.7. The van der Waals surface area contributed by atoms with Gasteiger partial charge in [-0.2, -0.15) is 0 Å². The highest BCUT2D eigenvalue weighted by Gasteiger charge is 2.21. The molecule has 0 aliphatic rings. The van der Waals surface area contributed by atoms with Crippen molar-refractivity contribution in [1.82, 2.24) is 0 Å². The molecule has 2 aromatic carbocycles. The van der Waals surface area contributed by atoms with E-state index in [2.05, 4.69) is 11.6 Å². The van der Waals surface area contributed by atoms with E-state index in [0.717, 1.165) is 24.8 Å². The minimum absolute atomic E-state index is 0.0715. The van der Waals surface area contributed by atoms with Gasteiger partial charge in [0.1, 0.15) is 16.4 Å². The summed E-state index contributed by atoms with van der Waals surface area (Å²) >= 11 is 0. The summed E-state index contributed by atoms with van der Waals surface area (Å²) in [4.78, 5) is 0.0715. The standard InChI is InChI=1S/C18H23NO4S/c1-3-4-7-12-23-17-11-10-14(2)13-18(17)24(21,22)19-15-8-5-6-9-16(15)20/h5-6,8-11,13,19-20H,3-4,7,12H2,1-2H3. The number of rotatable bonds is 8. The lowest BCUT2D eigenvalue weighted by Crippen LogP contribution is -2.15. The van der Waals surface area contributed by atoms with Crippen LogP contribution in [0.5, 0.6) is 11.5 Å². The highest BCUT2D eigenvalue weighted by Crippen LogP contribution is 2.30. The molecule has 2 rings (SSSR count). The van der Waals surface area contributed by atoms with E-state index in [-0.39, 0.29) is 16.3 Å². The van der Waals surface area contributed by atoms with Crippen LogP contribution in [0.25, 0.3) is 0 Å². The smallest absolute Gasteiger partial charge is 0.265 e. The first kappa shape index (κ1) is 18.1. The highest BCUT2D eigenvalue weighted by atomic mass is 32.2. The van der Waals surface area contributed by atoms with Crippen LogP contribution in [-0.4, -0.2) is 20.1 Å². The molecule has 0 saturated carbocycles. The highest BCUT2D eigenvalue weighted by molar-refractivity contribution is 7.92. The van der Waals surface area contributed by atoms with Gasteiger partial charge in [0.05, 0.1) is 12.3 Å². The molecule has 0 amide bonds. The molecule has 2 aromatic rings. The zero-order valence-electron chi connectivity index (χ0n) is 14.0. The van der Waals surface area contributed by atoms with Crippen LogP contribution in [0.4, 0.5) is 5.69 Å². The lowest BCUT2D eigenvalue weighted by Gasteiger charge is -2.14. The van der Waals surface area contributed by atoms with Crippen molar-refractivity contribution < 1.29 is 18.3 Å². The van der Waals surface area contributed by atoms with Gasteiger partial charge < -0.3 is 9.84 Å². The number of sulfonamides is 1. The summed E-state index contributed by atoms with van der Waals surface area (Å²) in [7, 11) is -3.87. The predicted molar refractivity (Wildman–Crippen MR) is 95.1 cm³/mol. The van der Waals surface area contributed by atoms with Crippen molar-refractivity contribution in [2.24, 2.45) is 0 Å². The minimum Gasteiger partial charge on any atom is -0.506 e. The van der Waals surface area contributed by atoms with Crippen molar-refractivity contribution in [3.05, 3.63) is 48.0 Å². The molecule has 0 radical (unpaired) electrons. The quantitative estimate of drug-likeness (QED) is 0.556. The van der Waals surface area contributed by atoms with Crippen molar-refractivity contribution in [1.29, 1.82) is 0 Å². The first-order valence-corrected chi connectivity index (χ1v) is 9.46. The number of phenolic OH excluding ortho intramolecular Hbond substituents is 1. The Hall–Kier alpha value is -2.21. The Labute approximate surface area is 143 Å². The van der Waals surface area contributed by atoms with Crippen molar-refractivity contribution in [3.8, 4) is 11.5 Å². The van der Waals surface area contributed by atoms with Gasteiger partial charge in [-0.15, -0.1) is 0 Å². The van der Waals surface area contributed by atoms with Crippen LogP contribution in [0.1, 0.15) is 31.7 Å². The third kappa shape index (κ3) is 4.64. The monoisotopic (exact) mass is 349 g/mol. The van der Waals surface area contributed by atoms with E-state index in [1.165, 1.54) is 12.1 Å². The number of ether oxygens (including phenoxy) is 1. The normalized spacial score (nSPS) is 11.2. The summed E-state index contributed by atoms with van der Waals surface area (Å²) in [5.41, 5.74) is 0.949. The Balaban J connectivity index is 2.28. The molecule has 6 heteroatoms. The maximum atomic E-state index is 12.7. The molecule has 0 bridgehead atoms. The predicted octanol–water partition coefficient (Wildman–Crippen LogP) is 4.07. The molecule has 0 saturated heterocycles. The molecule has 0 aliphatic heterocycles. The molecular formula is C18H23NO4S. The van der Waals surface area contributed by atoms with E-state index in [1.54, 1.807) is 24.3 Å². The molecule has 24 heavy (non-hydrogen) atoms. The van der Waals surface area contributed by atoms with Gasteiger partial charge in [-0.3, -0.25) is 4.72 Å². The van der Waals surface area contributed by atoms with E-state index in [4.69, 9.17) is 4.74 Å². The van der Waals surface area contributed by atoms with Gasteiger partial charge in [-0.1, -0.05) is 38.0 Å². The second kappa shape index (κ2) is 8.06. The Morgan fingerprint density at radius 1 is 1.12 bits per heavy atom. The average Bonchev–Trinajstić information content (AvgIpc) is 2.54. The fourth-order valence-electron chi connectivity index (χ4n) is 2.24. The van der Waals surface area contributed by atoms with E-state index in [0.29, 0.717) is 12.4 Å². The van der Waals surface area contributed by atoms with Gasteiger partial charge in [0.25, 0.3) is 10.0 Å². The molecule has 0 heterocycles. The Kier molecular flexibility index (Phi) is 6.09. The van der Waals surface area contributed by atoms with Crippen LogP contribution in [0.15, 0.2) is 47.4 Å². The van der Waals surface area contributed by atoms with Crippen LogP contribution in [-0.2, 0) is 10.0 Å². The Morgan fingerprint density at radius 2 is 1.88 bits per heavy atom. The number of aromatic hydroxyl groups is 1. The third-order valence-corrected chi connectivity index (χ3v) is 4.93. The number of aryl methyl sites for hydroxylation is 1. The van der Waals surface area contributed by atoms with E-state index in [9.17, 15) is 13.5 Å². The second-order valence-corrected chi connectivity index (χ2v) is 7.28. The molecule has 5 nitrogen and oxygen atoms in total. The van der Waals surface area contributed by atoms with Crippen molar-refractivity contribution >= 4 is 15.7 Å². The van der Waals surface area contributed by atoms with Crippen LogP contribution < -0.4 is 9.46 Å². The van der Waals surface area contributed by atoms with Gasteiger partial charge >= 0.3 is 0 Å². The molecule has 0 atom stereocenters. The molecular weight excluding hydrogens is 326 g/mol. The number of phenols is 1. The number of hydrogen-bond acceptors (Lipinski definition) is 4. The van der Waals surface area contributed by atoms with Crippen molar-refractivity contribution in [2.75, 3.05) is 11.3 Å². The molecule has 0 aliphatic carbocycles. The van der Waals surface area contributed by atoms with E-state index < -0.39 is 10.0 Å². The van der Waals surface area contributed by atoms with E-state index in [1.807, 2.05) is 13.0 Å². The second-order valence-electron chi connectivity index (χ2n) is 5.63. The summed E-state index contributed by atoms with van der Waals surface area (Å²) in [6.45, 7) is 4.38. The van der Waals surface area contributed by atoms with Crippen LogP contribution in [0.3, 0.4) is 0 Å². The summed E-state index contributed by atoms with van der Waals surface area (Å²) in [5, 5.41) is 9.79. The number of anilines is 1. The van der Waals surface area contributed by atoms with Crippen LogP contribution in [0.2, 0.25) is 0 Å². The van der Waals surface area contributed by atoms with Crippen LogP contribution in [0, 0.1) is 6.92 Å². The lowest BCUT2D eigenvalue weighted by molar-refractivity contribution is 0.298. The first-order chi connectivity index (χ1) is 11.4. The van der Waals surface area contributed by atoms with Crippen molar-refractivity contribution in [3.63, 3.8) is 0 Å². The average molecular weight is 349 g/mol. The van der Waals surface area contributed by atoms with Gasteiger partial charge in [0.2, 0.25) is 0 Å². The maximum Gasteiger partial charge on any atom is 0.265 e. The van der Waals surface area contributed by atoms with Crippen molar-refractivity contribution in [2.45, 2.75) is 38.0 Å². The third-order valence-electron chi connectivity index (χ3n) is 3.54. The van der Waals surface area contributed by atoms with E-state index >= 15 is 0 Å². The summed E-state index contributed by atoms with van der Waals surface area (Å²) in [5.74, 6) is 0.193. The Bertz CT molecular complexity index is 787. The van der Waals surface area contributed by atoms with Crippen LogP contribution >= 0.6 is 0 Å². The van der Waals surface area contributed by atoms with Gasteiger partial charge in [0.15, 0.2) is 0 Å². The lowest BCUT2D eigenvalue weighted by atomic mass is 10.2. The molecule has 2 N–H and O–H groups in total. The van der Waals surface area contributed by atoms with Gasteiger partial charge in [0, 0.05) is 0 Å². The summed E-state index contributed by atoms with van der Waals surface area (Å²) in [6.07, 6.45) is 2.97. The topological polar surface area (TPSA) is 75.6 Å². The molecule has 130 valence electrons. The van der Waals surface area contributed by atoms with Gasteiger partial charge in [-0.05, 0) is 43.2 Å². The molecule has 0 fully saturated rings. The largest absolute Gasteiger partial charge is 0.506 e. The molecule has 0 unspecified atom stereocenters. The number of nitrogens with one attached hydrogen (secondary N) is 1. The summed E-state index contributed by atoms with van der Waals surface area (Å²) in [6, 6.07) is 11.3. The number of benzene rings is 2. The first-order valence-electron chi connectivity index (χ1n) is 7.98. The number of hydrogen-bond donors (Lipinski definition) is 2.